The number of benzene rings is 2. The number of nitrogens with zero attached hydrogens (tertiary/aromatic N) is 4. The molecule has 0 bridgehead atoms. The van der Waals surface area contributed by atoms with E-state index in [0.717, 1.165) is 22.6 Å². The number of carbonyl (C=O) groups excluding carboxylic acids is 1. The number of methoxy groups -OCH3 is 1. The molecule has 0 aliphatic carbocycles. The Balaban J connectivity index is 1.60. The van der Waals surface area contributed by atoms with Gasteiger partial charge in [-0.2, -0.15) is 0 Å². The molecule has 9 heteroatoms. The van der Waals surface area contributed by atoms with Crippen LogP contribution in [0.2, 0.25) is 5.02 Å². The summed E-state index contributed by atoms with van der Waals surface area (Å²) in [6.07, 6.45) is 3.43. The lowest BCUT2D eigenvalue weighted by atomic mass is 10.2. The van der Waals surface area contributed by atoms with Gasteiger partial charge in [-0.15, -0.1) is 10.2 Å². The SMILES string of the molecule is COc1ccc(-n2c(SCC(=O)Nc3cccc(Cl)c3C)nnc2-c2cccnc2)cc1. The van der Waals surface area contributed by atoms with Crippen LogP contribution >= 0.6 is 23.4 Å². The first-order valence-corrected chi connectivity index (χ1v) is 11.1. The standard InChI is InChI=1S/C23H20ClN5O2S/c1-15-19(24)6-3-7-20(15)26-21(30)14-32-23-28-27-22(16-5-4-12-25-13-16)29(23)17-8-10-18(31-2)11-9-17/h3-13H,14H2,1-2H3,(H,26,30). The predicted octanol–water partition coefficient (Wildman–Crippen LogP) is 5.03. The van der Waals surface area contributed by atoms with Crippen LogP contribution in [-0.4, -0.2) is 38.5 Å². The molecule has 0 saturated carbocycles. The summed E-state index contributed by atoms with van der Waals surface area (Å²) in [5.41, 5.74) is 3.19. The fraction of sp³-hybridized carbons (Fsp3) is 0.130. The van der Waals surface area contributed by atoms with Crippen molar-refractivity contribution in [3.05, 3.63) is 77.6 Å². The van der Waals surface area contributed by atoms with Gasteiger partial charge in [-0.1, -0.05) is 29.4 Å². The fourth-order valence-corrected chi connectivity index (χ4v) is 4.00. The van der Waals surface area contributed by atoms with Crippen LogP contribution < -0.4 is 10.1 Å². The van der Waals surface area contributed by atoms with E-state index in [2.05, 4.69) is 20.5 Å². The predicted molar refractivity (Wildman–Crippen MR) is 127 cm³/mol. The zero-order chi connectivity index (χ0) is 22.5. The lowest BCUT2D eigenvalue weighted by Gasteiger charge is -2.12. The molecule has 32 heavy (non-hydrogen) atoms. The summed E-state index contributed by atoms with van der Waals surface area (Å²) in [5.74, 6) is 1.38. The smallest absolute Gasteiger partial charge is 0.234 e. The molecule has 0 radical (unpaired) electrons. The van der Waals surface area contributed by atoms with Gasteiger partial charge in [0.1, 0.15) is 5.75 Å². The summed E-state index contributed by atoms with van der Waals surface area (Å²) in [5, 5.41) is 12.8. The van der Waals surface area contributed by atoms with Crippen molar-refractivity contribution in [1.29, 1.82) is 0 Å². The first-order chi connectivity index (χ1) is 15.6. The quantitative estimate of drug-likeness (QED) is 0.385. The minimum absolute atomic E-state index is 0.160. The van der Waals surface area contributed by atoms with E-state index in [1.165, 1.54) is 11.8 Å². The third-order valence-electron chi connectivity index (χ3n) is 4.76. The van der Waals surface area contributed by atoms with E-state index >= 15 is 0 Å². The van der Waals surface area contributed by atoms with Crippen LogP contribution in [0.25, 0.3) is 17.1 Å². The molecule has 1 N–H and O–H groups in total. The Morgan fingerprint density at radius 1 is 1.12 bits per heavy atom. The van der Waals surface area contributed by atoms with Crippen molar-refractivity contribution in [2.45, 2.75) is 12.1 Å². The number of thioether (sulfide) groups is 1. The van der Waals surface area contributed by atoms with Crippen LogP contribution in [0.4, 0.5) is 5.69 Å². The number of ether oxygens (including phenoxy) is 1. The molecule has 7 nitrogen and oxygen atoms in total. The van der Waals surface area contributed by atoms with Gasteiger partial charge in [0, 0.05) is 34.4 Å². The van der Waals surface area contributed by atoms with Gasteiger partial charge in [-0.25, -0.2) is 0 Å². The lowest BCUT2D eigenvalue weighted by molar-refractivity contribution is -0.113. The highest BCUT2D eigenvalue weighted by Crippen LogP contribution is 2.29. The van der Waals surface area contributed by atoms with Gasteiger partial charge in [-0.05, 0) is 61.0 Å². The molecule has 162 valence electrons. The molecule has 0 unspecified atom stereocenters. The lowest BCUT2D eigenvalue weighted by Crippen LogP contribution is -2.15. The maximum atomic E-state index is 12.6. The Morgan fingerprint density at radius 3 is 2.66 bits per heavy atom. The molecule has 2 aromatic carbocycles. The summed E-state index contributed by atoms with van der Waals surface area (Å²) < 4.78 is 7.17. The van der Waals surface area contributed by atoms with E-state index in [1.807, 2.05) is 54.0 Å². The average Bonchev–Trinajstić information content (AvgIpc) is 3.25. The van der Waals surface area contributed by atoms with Crippen molar-refractivity contribution in [3.63, 3.8) is 0 Å². The second-order valence-electron chi connectivity index (χ2n) is 6.83. The summed E-state index contributed by atoms with van der Waals surface area (Å²) in [4.78, 5) is 16.8. The Bertz CT molecular complexity index is 1230. The van der Waals surface area contributed by atoms with Gasteiger partial charge in [0.25, 0.3) is 0 Å². The number of halogens is 1. The van der Waals surface area contributed by atoms with E-state index in [4.69, 9.17) is 16.3 Å². The van der Waals surface area contributed by atoms with Gasteiger partial charge in [-0.3, -0.25) is 14.3 Å². The minimum Gasteiger partial charge on any atom is -0.497 e. The molecule has 1 amide bonds. The maximum absolute atomic E-state index is 12.6. The second kappa shape index (κ2) is 9.84. The summed E-state index contributed by atoms with van der Waals surface area (Å²) in [6, 6.07) is 16.7. The number of hydrogen-bond donors (Lipinski definition) is 1. The van der Waals surface area contributed by atoms with Crippen LogP contribution in [0, 0.1) is 6.92 Å². The van der Waals surface area contributed by atoms with Crippen LogP contribution in [-0.2, 0) is 4.79 Å². The van der Waals surface area contributed by atoms with E-state index in [-0.39, 0.29) is 11.7 Å². The zero-order valence-electron chi connectivity index (χ0n) is 17.4. The molecule has 0 fully saturated rings. The van der Waals surface area contributed by atoms with E-state index < -0.39 is 0 Å². The van der Waals surface area contributed by atoms with Gasteiger partial charge in [0.15, 0.2) is 11.0 Å². The molecule has 0 spiro atoms. The highest BCUT2D eigenvalue weighted by atomic mass is 35.5. The highest BCUT2D eigenvalue weighted by Gasteiger charge is 2.18. The molecule has 0 saturated heterocycles. The topological polar surface area (TPSA) is 81.9 Å². The summed E-state index contributed by atoms with van der Waals surface area (Å²) in [6.45, 7) is 1.87. The monoisotopic (exact) mass is 465 g/mol. The van der Waals surface area contributed by atoms with Crippen molar-refractivity contribution in [1.82, 2.24) is 19.7 Å². The van der Waals surface area contributed by atoms with E-state index in [1.54, 1.807) is 31.6 Å². The Morgan fingerprint density at radius 2 is 1.94 bits per heavy atom. The average molecular weight is 466 g/mol. The molecule has 4 rings (SSSR count). The number of hydrogen-bond acceptors (Lipinski definition) is 6. The molecule has 0 aliphatic heterocycles. The minimum atomic E-state index is -0.160. The third kappa shape index (κ3) is 4.76. The van der Waals surface area contributed by atoms with Crippen LogP contribution in [0.15, 0.2) is 72.1 Å². The number of aromatic nitrogens is 4. The van der Waals surface area contributed by atoms with E-state index in [0.29, 0.717) is 21.7 Å². The van der Waals surface area contributed by atoms with Crippen molar-refractivity contribution in [3.8, 4) is 22.8 Å². The van der Waals surface area contributed by atoms with Crippen LogP contribution in [0.1, 0.15) is 5.56 Å². The molecule has 0 aliphatic rings. The van der Waals surface area contributed by atoms with Crippen molar-refractivity contribution >= 4 is 35.0 Å². The molecule has 0 atom stereocenters. The number of nitrogens with one attached hydrogen (secondary N) is 1. The third-order valence-corrected chi connectivity index (χ3v) is 6.10. The molecule has 2 heterocycles. The Kier molecular flexibility index (Phi) is 6.72. The first kappa shape index (κ1) is 21.9. The molecular formula is C23H20ClN5O2S. The number of anilines is 1. The fourth-order valence-electron chi connectivity index (χ4n) is 3.07. The first-order valence-electron chi connectivity index (χ1n) is 9.75. The highest BCUT2D eigenvalue weighted by molar-refractivity contribution is 7.99. The molecule has 2 aromatic heterocycles. The maximum Gasteiger partial charge on any atom is 0.234 e. The number of pyridine rings is 1. The van der Waals surface area contributed by atoms with Crippen molar-refractivity contribution in [2.24, 2.45) is 0 Å². The Labute approximate surface area is 194 Å². The second-order valence-corrected chi connectivity index (χ2v) is 8.18. The van der Waals surface area contributed by atoms with Gasteiger partial charge in [0.05, 0.1) is 12.9 Å². The number of rotatable bonds is 7. The zero-order valence-corrected chi connectivity index (χ0v) is 19.0. The summed E-state index contributed by atoms with van der Waals surface area (Å²) in [7, 11) is 1.62. The number of carbonyl (C=O) groups is 1. The van der Waals surface area contributed by atoms with E-state index in [9.17, 15) is 4.79 Å². The van der Waals surface area contributed by atoms with Gasteiger partial charge < -0.3 is 10.1 Å². The van der Waals surface area contributed by atoms with Crippen LogP contribution in [0.5, 0.6) is 5.75 Å². The largest absolute Gasteiger partial charge is 0.497 e. The number of amides is 1. The van der Waals surface area contributed by atoms with Gasteiger partial charge >= 0.3 is 0 Å². The van der Waals surface area contributed by atoms with Crippen molar-refractivity contribution in [2.75, 3.05) is 18.2 Å². The normalized spacial score (nSPS) is 10.7. The molecular weight excluding hydrogens is 446 g/mol. The van der Waals surface area contributed by atoms with Gasteiger partial charge in [0.2, 0.25) is 5.91 Å². The van der Waals surface area contributed by atoms with Crippen LogP contribution in [0.3, 0.4) is 0 Å². The summed E-state index contributed by atoms with van der Waals surface area (Å²) >= 11 is 7.45. The molecule has 4 aromatic rings. The van der Waals surface area contributed by atoms with Crippen molar-refractivity contribution < 1.29 is 9.53 Å². The Hall–Kier alpha value is -3.36.